The van der Waals surface area contributed by atoms with Crippen molar-refractivity contribution in [2.24, 2.45) is 0 Å². The van der Waals surface area contributed by atoms with Crippen LogP contribution in [0.2, 0.25) is 0 Å². The van der Waals surface area contributed by atoms with E-state index in [4.69, 9.17) is 15.0 Å². The fourth-order valence-corrected chi connectivity index (χ4v) is 6.66. The highest BCUT2D eigenvalue weighted by Gasteiger charge is 2.17. The van der Waals surface area contributed by atoms with Gasteiger partial charge in [-0.25, -0.2) is 9.97 Å². The first-order valence-corrected chi connectivity index (χ1v) is 15.8. The summed E-state index contributed by atoms with van der Waals surface area (Å²) in [4.78, 5) is 19.9. The fourth-order valence-electron chi connectivity index (χ4n) is 6.66. The number of hydrogen-bond donors (Lipinski definition) is 0. The highest BCUT2D eigenvalue weighted by Crippen LogP contribution is 2.38. The first-order valence-electron chi connectivity index (χ1n) is 15.8. The molecule has 0 saturated carbocycles. The molecule has 5 heteroatoms. The number of rotatable bonds is 4. The predicted octanol–water partition coefficient (Wildman–Crippen LogP) is 10.4. The minimum atomic E-state index is 0.634. The predicted molar refractivity (Wildman–Crippen MR) is 194 cm³/mol. The van der Waals surface area contributed by atoms with Crippen molar-refractivity contribution >= 4 is 43.4 Å². The second kappa shape index (κ2) is 11.2. The van der Waals surface area contributed by atoms with E-state index in [0.29, 0.717) is 11.4 Å². The largest absolute Gasteiger partial charge is 0.254 e. The number of aromatic nitrogens is 4. The average molecular weight is 612 g/mol. The Hall–Kier alpha value is -6.77. The molecule has 0 saturated heterocycles. The zero-order valence-corrected chi connectivity index (χ0v) is 25.7. The molecule has 0 aliphatic carbocycles. The standard InChI is InChI=1S/C43H25N5/c44-26-27-13-15-28(16-14-27)29-17-19-30(20-18-29)43-47-39(37-23-31-7-1-2-9-33(31)34-10-3-4-11-35(34)37)25-40(48-43)38-24-32-8-5-21-45-41(32)42-36(38)12-6-22-46-42/h1-25H. The van der Waals surface area contributed by atoms with Crippen LogP contribution >= 0.6 is 0 Å². The normalized spacial score (nSPS) is 11.3. The molecule has 9 aromatic rings. The van der Waals surface area contributed by atoms with Gasteiger partial charge in [0.05, 0.1) is 34.1 Å². The second-order valence-electron chi connectivity index (χ2n) is 11.8. The van der Waals surface area contributed by atoms with Gasteiger partial charge in [0.1, 0.15) is 0 Å². The third kappa shape index (κ3) is 4.63. The SMILES string of the molecule is N#Cc1ccc(-c2ccc(-c3nc(-c4cc5ccccc5c5ccccc45)cc(-c4cc5cccnc5c5ncccc45)n3)cc2)cc1. The molecule has 0 aliphatic heterocycles. The molecule has 5 nitrogen and oxygen atoms in total. The van der Waals surface area contributed by atoms with Crippen molar-refractivity contribution in [1.29, 1.82) is 5.26 Å². The number of fused-ring (bicyclic) bond motifs is 6. The molecule has 0 N–H and O–H groups in total. The summed E-state index contributed by atoms with van der Waals surface area (Å²) in [6.07, 6.45) is 3.62. The monoisotopic (exact) mass is 611 g/mol. The zero-order valence-electron chi connectivity index (χ0n) is 25.7. The molecule has 0 atom stereocenters. The van der Waals surface area contributed by atoms with E-state index in [9.17, 15) is 5.26 Å². The molecule has 3 aromatic heterocycles. The maximum Gasteiger partial charge on any atom is 0.160 e. The maximum absolute atomic E-state index is 9.22. The van der Waals surface area contributed by atoms with E-state index < -0.39 is 0 Å². The van der Waals surface area contributed by atoms with Crippen molar-refractivity contribution in [2.75, 3.05) is 0 Å². The fraction of sp³-hybridized carbons (Fsp3) is 0. The Morgan fingerprint density at radius 1 is 0.438 bits per heavy atom. The smallest absolute Gasteiger partial charge is 0.160 e. The third-order valence-electron chi connectivity index (χ3n) is 9.00. The highest BCUT2D eigenvalue weighted by molar-refractivity contribution is 6.14. The van der Waals surface area contributed by atoms with Crippen molar-refractivity contribution < 1.29 is 0 Å². The molecule has 0 fully saturated rings. The third-order valence-corrected chi connectivity index (χ3v) is 9.00. The molecule has 0 aliphatic rings. The minimum absolute atomic E-state index is 0.634. The topological polar surface area (TPSA) is 75.3 Å². The quantitative estimate of drug-likeness (QED) is 0.185. The molecule has 0 unspecified atom stereocenters. The molecule has 222 valence electrons. The molecule has 0 amide bonds. The first-order chi connectivity index (χ1) is 23.7. The van der Waals surface area contributed by atoms with Crippen molar-refractivity contribution in [3.05, 3.63) is 157 Å². The lowest BCUT2D eigenvalue weighted by molar-refractivity contribution is 1.19. The van der Waals surface area contributed by atoms with E-state index in [1.165, 1.54) is 10.8 Å². The van der Waals surface area contributed by atoms with Gasteiger partial charge >= 0.3 is 0 Å². The first kappa shape index (κ1) is 27.5. The van der Waals surface area contributed by atoms with Crippen molar-refractivity contribution in [3.8, 4) is 51.1 Å². The Bertz CT molecular complexity index is 2590. The van der Waals surface area contributed by atoms with Crippen molar-refractivity contribution in [1.82, 2.24) is 19.9 Å². The summed E-state index contributed by atoms with van der Waals surface area (Å²) >= 11 is 0. The highest BCUT2D eigenvalue weighted by atomic mass is 14.9. The van der Waals surface area contributed by atoms with Crippen LogP contribution < -0.4 is 0 Å². The van der Waals surface area contributed by atoms with E-state index in [1.54, 1.807) is 0 Å². The van der Waals surface area contributed by atoms with Gasteiger partial charge in [0, 0.05) is 39.9 Å². The van der Waals surface area contributed by atoms with E-state index >= 15 is 0 Å². The van der Waals surface area contributed by atoms with Crippen molar-refractivity contribution in [2.45, 2.75) is 0 Å². The molecule has 6 aromatic carbocycles. The average Bonchev–Trinajstić information content (AvgIpc) is 3.17. The lowest BCUT2D eigenvalue weighted by Gasteiger charge is -2.15. The van der Waals surface area contributed by atoms with Gasteiger partial charge in [-0.3, -0.25) is 9.97 Å². The van der Waals surface area contributed by atoms with Gasteiger partial charge < -0.3 is 0 Å². The van der Waals surface area contributed by atoms with Gasteiger partial charge in [0.25, 0.3) is 0 Å². The lowest BCUT2D eigenvalue weighted by Crippen LogP contribution is -1.98. The van der Waals surface area contributed by atoms with Gasteiger partial charge in [-0.1, -0.05) is 97.1 Å². The molecule has 3 heterocycles. The van der Waals surface area contributed by atoms with Crippen LogP contribution in [-0.2, 0) is 0 Å². The van der Waals surface area contributed by atoms with Crippen LogP contribution in [-0.4, -0.2) is 19.9 Å². The summed E-state index contributed by atoms with van der Waals surface area (Å²) in [5.74, 6) is 0.634. The molecular weight excluding hydrogens is 587 g/mol. The van der Waals surface area contributed by atoms with E-state index in [2.05, 4.69) is 114 Å². The summed E-state index contributed by atoms with van der Waals surface area (Å²) in [5, 5.41) is 15.9. The van der Waals surface area contributed by atoms with Crippen molar-refractivity contribution in [3.63, 3.8) is 0 Å². The molecular formula is C43H25N5. The Balaban J connectivity index is 1.29. The van der Waals surface area contributed by atoms with Gasteiger partial charge in [-0.2, -0.15) is 5.26 Å². The van der Waals surface area contributed by atoms with E-state index in [0.717, 1.165) is 71.8 Å². The number of nitriles is 1. The molecule has 0 spiro atoms. The van der Waals surface area contributed by atoms with Crippen LogP contribution in [0.1, 0.15) is 5.56 Å². The number of nitrogens with zero attached hydrogens (tertiary/aromatic N) is 5. The second-order valence-corrected chi connectivity index (χ2v) is 11.8. The van der Waals surface area contributed by atoms with Gasteiger partial charge in [0.2, 0.25) is 0 Å². The van der Waals surface area contributed by atoms with Crippen LogP contribution in [0.15, 0.2) is 152 Å². The molecule has 0 bridgehead atoms. The molecule has 48 heavy (non-hydrogen) atoms. The van der Waals surface area contributed by atoms with E-state index in [-0.39, 0.29) is 0 Å². The summed E-state index contributed by atoms with van der Waals surface area (Å²) in [6, 6.07) is 49.7. The Morgan fingerprint density at radius 3 is 1.73 bits per heavy atom. The number of benzene rings is 6. The van der Waals surface area contributed by atoms with Crippen LogP contribution in [0, 0.1) is 11.3 Å². The van der Waals surface area contributed by atoms with Crippen LogP contribution in [0.5, 0.6) is 0 Å². The van der Waals surface area contributed by atoms with E-state index in [1.807, 2.05) is 48.8 Å². The van der Waals surface area contributed by atoms with Crippen LogP contribution in [0.25, 0.3) is 88.4 Å². The summed E-state index contributed by atoms with van der Waals surface area (Å²) in [6.45, 7) is 0. The van der Waals surface area contributed by atoms with Gasteiger partial charge in [0.15, 0.2) is 5.82 Å². The summed E-state index contributed by atoms with van der Waals surface area (Å²) < 4.78 is 0. The summed E-state index contributed by atoms with van der Waals surface area (Å²) in [5.41, 5.74) is 9.04. The van der Waals surface area contributed by atoms with Crippen LogP contribution in [0.3, 0.4) is 0 Å². The number of pyridine rings is 2. The Morgan fingerprint density at radius 2 is 0.979 bits per heavy atom. The summed E-state index contributed by atoms with van der Waals surface area (Å²) in [7, 11) is 0. The minimum Gasteiger partial charge on any atom is -0.254 e. The maximum atomic E-state index is 9.22. The molecule has 9 rings (SSSR count). The van der Waals surface area contributed by atoms with Crippen LogP contribution in [0.4, 0.5) is 0 Å². The zero-order chi connectivity index (χ0) is 32.0. The lowest BCUT2D eigenvalue weighted by atomic mass is 9.94. The molecule has 0 radical (unpaired) electrons. The van der Waals surface area contributed by atoms with Gasteiger partial charge in [-0.05, 0) is 75.1 Å². The van der Waals surface area contributed by atoms with Gasteiger partial charge in [-0.15, -0.1) is 0 Å². The number of hydrogen-bond acceptors (Lipinski definition) is 5. The Labute approximate surface area is 276 Å². The Kier molecular flexibility index (Phi) is 6.45.